The highest BCUT2D eigenvalue weighted by molar-refractivity contribution is 7.92. The molecule has 6 heteroatoms. The number of sulfonamides is 1. The first kappa shape index (κ1) is 13.9. The average Bonchev–Trinajstić information content (AvgIpc) is 2.37. The van der Waals surface area contributed by atoms with E-state index in [0.717, 1.165) is 0 Å². The molecule has 0 aromatic heterocycles. The first-order chi connectivity index (χ1) is 9.42. The van der Waals surface area contributed by atoms with Crippen LogP contribution in [0.25, 0.3) is 0 Å². The van der Waals surface area contributed by atoms with E-state index in [1.807, 2.05) is 6.07 Å². The predicted molar refractivity (Wildman–Crippen MR) is 77.6 cm³/mol. The number of anilines is 2. The highest BCUT2D eigenvalue weighted by Crippen LogP contribution is 2.21. The molecule has 0 bridgehead atoms. The number of hydrogen-bond acceptors (Lipinski definition) is 4. The van der Waals surface area contributed by atoms with Gasteiger partial charge in [0.05, 0.1) is 22.2 Å². The molecule has 0 saturated heterocycles. The molecule has 0 saturated carbocycles. The Hall–Kier alpha value is -2.52. The molecule has 0 heterocycles. The van der Waals surface area contributed by atoms with E-state index in [1.165, 1.54) is 18.2 Å². The number of nitriles is 1. The topological polar surface area (TPSA) is 96.0 Å². The summed E-state index contributed by atoms with van der Waals surface area (Å²) in [6.07, 6.45) is 0. The van der Waals surface area contributed by atoms with Crippen LogP contribution in [-0.2, 0) is 10.0 Å². The van der Waals surface area contributed by atoms with Crippen LogP contribution in [-0.4, -0.2) is 8.42 Å². The minimum absolute atomic E-state index is 0.161. The van der Waals surface area contributed by atoms with Crippen LogP contribution in [0.15, 0.2) is 47.4 Å². The summed E-state index contributed by atoms with van der Waals surface area (Å²) in [5.74, 6) is 0. The zero-order chi connectivity index (χ0) is 14.8. The highest BCUT2D eigenvalue weighted by Gasteiger charge is 2.17. The van der Waals surface area contributed by atoms with Gasteiger partial charge in [0.25, 0.3) is 10.0 Å². The molecule has 5 nitrogen and oxygen atoms in total. The molecule has 102 valence electrons. The van der Waals surface area contributed by atoms with Crippen molar-refractivity contribution >= 4 is 21.4 Å². The van der Waals surface area contributed by atoms with Gasteiger partial charge in [0.1, 0.15) is 0 Å². The van der Waals surface area contributed by atoms with Crippen LogP contribution in [0.5, 0.6) is 0 Å². The van der Waals surface area contributed by atoms with E-state index < -0.39 is 10.0 Å². The van der Waals surface area contributed by atoms with Crippen molar-refractivity contribution in [1.29, 1.82) is 5.26 Å². The van der Waals surface area contributed by atoms with Crippen LogP contribution in [0.3, 0.4) is 0 Å². The molecular formula is C14H13N3O2S. The lowest BCUT2D eigenvalue weighted by Crippen LogP contribution is -2.14. The van der Waals surface area contributed by atoms with Crippen molar-refractivity contribution in [1.82, 2.24) is 0 Å². The molecule has 0 amide bonds. The lowest BCUT2D eigenvalue weighted by atomic mass is 10.2. The molecule has 0 atom stereocenters. The standard InChI is InChI=1S/C14H13N3O2S/c1-10-7-12(16)5-6-14(10)20(18,19)17-13-4-2-3-11(8-13)9-15/h2-8,17H,16H2,1H3. The number of nitrogens with zero attached hydrogens (tertiary/aromatic N) is 1. The van der Waals surface area contributed by atoms with Gasteiger partial charge in [0, 0.05) is 5.69 Å². The van der Waals surface area contributed by atoms with Crippen LogP contribution in [0, 0.1) is 18.3 Å². The van der Waals surface area contributed by atoms with Gasteiger partial charge in [-0.05, 0) is 48.9 Å². The maximum atomic E-state index is 12.3. The minimum atomic E-state index is -3.70. The number of nitrogens with one attached hydrogen (secondary N) is 1. The quantitative estimate of drug-likeness (QED) is 0.846. The third-order valence-electron chi connectivity index (χ3n) is 2.73. The molecule has 20 heavy (non-hydrogen) atoms. The van der Waals surface area contributed by atoms with Crippen LogP contribution < -0.4 is 10.5 Å². The maximum absolute atomic E-state index is 12.3. The van der Waals surface area contributed by atoms with Gasteiger partial charge >= 0.3 is 0 Å². The fraction of sp³-hybridized carbons (Fsp3) is 0.0714. The number of nitrogen functional groups attached to an aromatic ring is 1. The lowest BCUT2D eigenvalue weighted by Gasteiger charge is -2.11. The second-order valence-electron chi connectivity index (χ2n) is 4.32. The van der Waals surface area contributed by atoms with E-state index in [0.29, 0.717) is 22.5 Å². The molecule has 0 aliphatic heterocycles. The van der Waals surface area contributed by atoms with Crippen molar-refractivity contribution in [3.8, 4) is 6.07 Å². The largest absolute Gasteiger partial charge is 0.399 e. The molecule has 2 rings (SSSR count). The SMILES string of the molecule is Cc1cc(N)ccc1S(=O)(=O)Nc1cccc(C#N)c1. The summed E-state index contributed by atoms with van der Waals surface area (Å²) >= 11 is 0. The van der Waals surface area contributed by atoms with E-state index in [2.05, 4.69) is 4.72 Å². The first-order valence-corrected chi connectivity index (χ1v) is 7.30. The Labute approximate surface area is 117 Å². The third kappa shape index (κ3) is 2.90. The smallest absolute Gasteiger partial charge is 0.262 e. The highest BCUT2D eigenvalue weighted by atomic mass is 32.2. The Bertz CT molecular complexity index is 792. The summed E-state index contributed by atoms with van der Waals surface area (Å²) in [5.41, 5.74) is 7.42. The van der Waals surface area contributed by atoms with Gasteiger partial charge < -0.3 is 5.73 Å². The Morgan fingerprint density at radius 3 is 2.60 bits per heavy atom. The van der Waals surface area contributed by atoms with Crippen molar-refractivity contribution in [3.05, 3.63) is 53.6 Å². The Balaban J connectivity index is 2.38. The van der Waals surface area contributed by atoms with Gasteiger partial charge in [-0.25, -0.2) is 8.42 Å². The summed E-state index contributed by atoms with van der Waals surface area (Å²) in [6.45, 7) is 1.68. The van der Waals surface area contributed by atoms with Gasteiger partial charge in [-0.2, -0.15) is 5.26 Å². The molecule has 2 aromatic carbocycles. The summed E-state index contributed by atoms with van der Waals surface area (Å²) in [5, 5.41) is 8.81. The zero-order valence-corrected chi connectivity index (χ0v) is 11.6. The lowest BCUT2D eigenvalue weighted by molar-refractivity contribution is 0.600. The van der Waals surface area contributed by atoms with Crippen LogP contribution in [0.4, 0.5) is 11.4 Å². The van der Waals surface area contributed by atoms with Crippen molar-refractivity contribution in [2.45, 2.75) is 11.8 Å². The van der Waals surface area contributed by atoms with Crippen LogP contribution in [0.1, 0.15) is 11.1 Å². The summed E-state index contributed by atoms with van der Waals surface area (Å²) in [4.78, 5) is 0.161. The maximum Gasteiger partial charge on any atom is 0.262 e. The molecular weight excluding hydrogens is 274 g/mol. The van der Waals surface area contributed by atoms with Gasteiger partial charge in [0.2, 0.25) is 0 Å². The number of nitrogens with two attached hydrogens (primary N) is 1. The third-order valence-corrected chi connectivity index (χ3v) is 4.27. The molecule has 0 unspecified atom stereocenters. The average molecular weight is 287 g/mol. The number of hydrogen-bond donors (Lipinski definition) is 2. The monoisotopic (exact) mass is 287 g/mol. The van der Waals surface area contributed by atoms with E-state index >= 15 is 0 Å². The normalized spacial score (nSPS) is 10.8. The molecule has 2 aromatic rings. The molecule has 0 fully saturated rings. The zero-order valence-electron chi connectivity index (χ0n) is 10.8. The van der Waals surface area contributed by atoms with Gasteiger partial charge in [0.15, 0.2) is 0 Å². The van der Waals surface area contributed by atoms with E-state index in [9.17, 15) is 8.42 Å². The van der Waals surface area contributed by atoms with E-state index in [4.69, 9.17) is 11.0 Å². The van der Waals surface area contributed by atoms with Crippen LogP contribution >= 0.6 is 0 Å². The molecule has 0 aliphatic rings. The minimum Gasteiger partial charge on any atom is -0.399 e. The fourth-order valence-corrected chi connectivity index (χ4v) is 3.11. The summed E-state index contributed by atoms with van der Waals surface area (Å²) in [7, 11) is -3.70. The van der Waals surface area contributed by atoms with E-state index in [-0.39, 0.29) is 4.90 Å². The fourth-order valence-electron chi connectivity index (χ4n) is 1.84. The van der Waals surface area contributed by atoms with Gasteiger partial charge in [-0.3, -0.25) is 4.72 Å². The van der Waals surface area contributed by atoms with Crippen molar-refractivity contribution in [2.24, 2.45) is 0 Å². The molecule has 3 N–H and O–H groups in total. The Morgan fingerprint density at radius 2 is 1.95 bits per heavy atom. The Morgan fingerprint density at radius 1 is 1.20 bits per heavy atom. The Kier molecular flexibility index (Phi) is 3.63. The predicted octanol–water partition coefficient (Wildman–Crippen LogP) is 2.25. The summed E-state index contributed by atoms with van der Waals surface area (Å²) in [6, 6.07) is 12.8. The van der Waals surface area contributed by atoms with Crippen molar-refractivity contribution < 1.29 is 8.42 Å². The molecule has 0 spiro atoms. The second kappa shape index (κ2) is 5.23. The van der Waals surface area contributed by atoms with E-state index in [1.54, 1.807) is 31.2 Å². The first-order valence-electron chi connectivity index (χ1n) is 5.81. The van der Waals surface area contributed by atoms with Gasteiger partial charge in [-0.1, -0.05) is 6.07 Å². The van der Waals surface area contributed by atoms with Crippen molar-refractivity contribution in [2.75, 3.05) is 10.5 Å². The molecule has 0 radical (unpaired) electrons. The van der Waals surface area contributed by atoms with Crippen molar-refractivity contribution in [3.63, 3.8) is 0 Å². The molecule has 0 aliphatic carbocycles. The number of benzene rings is 2. The van der Waals surface area contributed by atoms with Gasteiger partial charge in [-0.15, -0.1) is 0 Å². The summed E-state index contributed by atoms with van der Waals surface area (Å²) < 4.78 is 27.0. The number of rotatable bonds is 3. The number of aryl methyl sites for hydroxylation is 1. The second-order valence-corrected chi connectivity index (χ2v) is 5.97. The van der Waals surface area contributed by atoms with Crippen LogP contribution in [0.2, 0.25) is 0 Å².